The second-order valence-electron chi connectivity index (χ2n) is 2.95. The van der Waals surface area contributed by atoms with Crippen molar-refractivity contribution in [1.29, 1.82) is 0 Å². The van der Waals surface area contributed by atoms with Crippen LogP contribution in [0.2, 0.25) is 0 Å². The van der Waals surface area contributed by atoms with Crippen LogP contribution in [0.3, 0.4) is 0 Å². The largest absolute Gasteiger partial charge is 0.452 e. The van der Waals surface area contributed by atoms with Gasteiger partial charge in [0.25, 0.3) is 0 Å². The Kier molecular flexibility index (Phi) is 5.59. The van der Waals surface area contributed by atoms with Gasteiger partial charge in [-0.2, -0.15) is 22.5 Å². The minimum absolute atomic E-state index is 0.132. The normalized spacial score (nSPS) is 11.8. The number of halogens is 3. The second-order valence-corrected chi connectivity index (χ2v) is 3.70. The molecule has 0 saturated carbocycles. The van der Waals surface area contributed by atoms with Crippen molar-refractivity contribution in [2.24, 2.45) is 0 Å². The monoisotopic (exact) mass is 271 g/mol. The van der Waals surface area contributed by atoms with Crippen LogP contribution < -0.4 is 5.32 Å². The maximum Gasteiger partial charge on any atom is 0.452 e. The summed E-state index contributed by atoms with van der Waals surface area (Å²) in [7, 11) is 1.56. The van der Waals surface area contributed by atoms with Gasteiger partial charge in [0.2, 0.25) is 11.0 Å². The molecule has 0 saturated heterocycles. The lowest BCUT2D eigenvalue weighted by Crippen LogP contribution is -2.12. The van der Waals surface area contributed by atoms with Crippen LogP contribution in [0.15, 0.2) is 0 Å². The summed E-state index contributed by atoms with van der Waals surface area (Å²) in [6.07, 6.45) is -4.49. The SMILES string of the molecule is COCCOCCNc1nc(C(F)(F)F)ns1. The predicted octanol–water partition coefficient (Wildman–Crippen LogP) is 1.63. The number of anilines is 1. The van der Waals surface area contributed by atoms with Gasteiger partial charge in [-0.25, -0.2) is 0 Å². The van der Waals surface area contributed by atoms with E-state index < -0.39 is 12.0 Å². The minimum Gasteiger partial charge on any atom is -0.382 e. The molecule has 0 radical (unpaired) electrons. The average Bonchev–Trinajstić information content (AvgIpc) is 2.71. The molecule has 1 rings (SSSR count). The van der Waals surface area contributed by atoms with Crippen LogP contribution in [0.5, 0.6) is 0 Å². The zero-order chi connectivity index (χ0) is 12.7. The molecule has 0 aliphatic rings. The van der Waals surface area contributed by atoms with E-state index in [-0.39, 0.29) is 5.13 Å². The van der Waals surface area contributed by atoms with Gasteiger partial charge in [0.15, 0.2) is 0 Å². The molecule has 17 heavy (non-hydrogen) atoms. The Morgan fingerprint density at radius 2 is 2.06 bits per heavy atom. The van der Waals surface area contributed by atoms with Crippen molar-refractivity contribution < 1.29 is 22.6 Å². The number of alkyl halides is 3. The lowest BCUT2D eigenvalue weighted by atomic mass is 10.6. The molecule has 5 nitrogen and oxygen atoms in total. The van der Waals surface area contributed by atoms with E-state index in [1.54, 1.807) is 7.11 Å². The summed E-state index contributed by atoms with van der Waals surface area (Å²) in [5.41, 5.74) is 0. The van der Waals surface area contributed by atoms with E-state index in [1.165, 1.54) is 0 Å². The molecule has 0 aromatic carbocycles. The van der Waals surface area contributed by atoms with Crippen LogP contribution in [0, 0.1) is 0 Å². The van der Waals surface area contributed by atoms with Crippen molar-refractivity contribution in [2.45, 2.75) is 6.18 Å². The number of rotatable bonds is 7. The van der Waals surface area contributed by atoms with Gasteiger partial charge in [-0.05, 0) is 0 Å². The first-order valence-corrected chi connectivity index (χ1v) is 5.53. The third-order valence-electron chi connectivity index (χ3n) is 1.63. The van der Waals surface area contributed by atoms with E-state index in [4.69, 9.17) is 9.47 Å². The Morgan fingerprint density at radius 1 is 1.29 bits per heavy atom. The van der Waals surface area contributed by atoms with Gasteiger partial charge in [0, 0.05) is 25.2 Å². The summed E-state index contributed by atoms with van der Waals surface area (Å²) in [5.74, 6) is -1.12. The first kappa shape index (κ1) is 14.1. The molecule has 0 spiro atoms. The number of aromatic nitrogens is 2. The maximum atomic E-state index is 12.1. The number of methoxy groups -OCH3 is 1. The smallest absolute Gasteiger partial charge is 0.382 e. The van der Waals surface area contributed by atoms with E-state index in [9.17, 15) is 13.2 Å². The number of ether oxygens (including phenoxy) is 2. The highest BCUT2D eigenvalue weighted by Crippen LogP contribution is 2.28. The van der Waals surface area contributed by atoms with Crippen molar-refractivity contribution in [2.75, 3.05) is 38.8 Å². The summed E-state index contributed by atoms with van der Waals surface area (Å²) in [6.45, 7) is 1.67. The van der Waals surface area contributed by atoms with E-state index in [1.807, 2.05) is 0 Å². The molecule has 0 amide bonds. The van der Waals surface area contributed by atoms with Crippen molar-refractivity contribution in [3.63, 3.8) is 0 Å². The van der Waals surface area contributed by atoms with E-state index >= 15 is 0 Å². The highest BCUT2D eigenvalue weighted by molar-refractivity contribution is 7.09. The minimum atomic E-state index is -4.49. The maximum absolute atomic E-state index is 12.1. The summed E-state index contributed by atoms with van der Waals surface area (Å²) < 4.78 is 49.5. The van der Waals surface area contributed by atoms with Crippen LogP contribution in [-0.2, 0) is 15.7 Å². The van der Waals surface area contributed by atoms with Crippen LogP contribution in [0.4, 0.5) is 18.3 Å². The summed E-state index contributed by atoms with van der Waals surface area (Å²) >= 11 is 0.672. The van der Waals surface area contributed by atoms with Crippen molar-refractivity contribution in [3.05, 3.63) is 5.82 Å². The number of nitrogens with zero attached hydrogens (tertiary/aromatic N) is 2. The second kappa shape index (κ2) is 6.72. The molecule has 0 bridgehead atoms. The lowest BCUT2D eigenvalue weighted by molar-refractivity contribution is -0.144. The molecule has 0 unspecified atom stereocenters. The molecule has 0 fully saturated rings. The molecule has 1 heterocycles. The standard InChI is InChI=1S/C8H12F3N3O2S/c1-15-4-5-16-3-2-12-7-13-6(14-17-7)8(9,10)11/h2-5H2,1H3,(H,12,13,14). The molecule has 0 aliphatic heterocycles. The zero-order valence-electron chi connectivity index (χ0n) is 9.08. The van der Waals surface area contributed by atoms with Gasteiger partial charge < -0.3 is 14.8 Å². The quantitative estimate of drug-likeness (QED) is 0.764. The van der Waals surface area contributed by atoms with E-state index in [0.29, 0.717) is 37.9 Å². The van der Waals surface area contributed by atoms with Gasteiger partial charge in [-0.1, -0.05) is 0 Å². The Morgan fingerprint density at radius 3 is 2.65 bits per heavy atom. The first-order valence-electron chi connectivity index (χ1n) is 4.75. The predicted molar refractivity (Wildman–Crippen MR) is 56.1 cm³/mol. The number of nitrogens with one attached hydrogen (secondary N) is 1. The van der Waals surface area contributed by atoms with Crippen molar-refractivity contribution in [3.8, 4) is 0 Å². The Balaban J connectivity index is 2.21. The van der Waals surface area contributed by atoms with Gasteiger partial charge in [-0.15, -0.1) is 0 Å². The average molecular weight is 271 g/mol. The van der Waals surface area contributed by atoms with Gasteiger partial charge in [-0.3, -0.25) is 0 Å². The molecule has 1 N–H and O–H groups in total. The van der Waals surface area contributed by atoms with Crippen LogP contribution in [0.25, 0.3) is 0 Å². The van der Waals surface area contributed by atoms with E-state index in [2.05, 4.69) is 14.7 Å². The fraction of sp³-hybridized carbons (Fsp3) is 0.750. The van der Waals surface area contributed by atoms with Crippen LogP contribution in [0.1, 0.15) is 5.82 Å². The summed E-state index contributed by atoms with van der Waals surface area (Å²) in [6, 6.07) is 0. The third kappa shape index (κ3) is 5.29. The Labute approximate surface area is 100 Å². The first-order chi connectivity index (χ1) is 8.04. The van der Waals surface area contributed by atoms with Gasteiger partial charge in [0.1, 0.15) is 0 Å². The molecule has 1 aromatic heterocycles. The fourth-order valence-corrected chi connectivity index (χ4v) is 1.50. The highest BCUT2D eigenvalue weighted by Gasteiger charge is 2.35. The lowest BCUT2D eigenvalue weighted by Gasteiger charge is -2.03. The fourth-order valence-electron chi connectivity index (χ4n) is 0.885. The topological polar surface area (TPSA) is 56.3 Å². The zero-order valence-corrected chi connectivity index (χ0v) is 9.90. The molecule has 0 atom stereocenters. The number of hydrogen-bond acceptors (Lipinski definition) is 6. The summed E-state index contributed by atoms with van der Waals surface area (Å²) in [4.78, 5) is 3.31. The van der Waals surface area contributed by atoms with Crippen molar-refractivity contribution in [1.82, 2.24) is 9.36 Å². The highest BCUT2D eigenvalue weighted by atomic mass is 32.1. The van der Waals surface area contributed by atoms with Gasteiger partial charge >= 0.3 is 6.18 Å². The van der Waals surface area contributed by atoms with Crippen molar-refractivity contribution >= 4 is 16.7 Å². The molecule has 98 valence electrons. The summed E-state index contributed by atoms with van der Waals surface area (Å²) in [5, 5.41) is 2.83. The number of hydrogen-bond donors (Lipinski definition) is 1. The molecule has 1 aromatic rings. The molecule has 9 heteroatoms. The Hall–Kier alpha value is -0.930. The van der Waals surface area contributed by atoms with Gasteiger partial charge in [0.05, 0.1) is 19.8 Å². The van der Waals surface area contributed by atoms with Crippen LogP contribution in [-0.4, -0.2) is 42.8 Å². The molecule has 0 aliphatic carbocycles. The third-order valence-corrected chi connectivity index (χ3v) is 2.31. The Bertz CT molecular complexity index is 332. The molecular weight excluding hydrogens is 259 g/mol. The van der Waals surface area contributed by atoms with Crippen LogP contribution >= 0.6 is 11.5 Å². The molecular formula is C8H12F3N3O2S. The van der Waals surface area contributed by atoms with E-state index in [0.717, 1.165) is 0 Å².